The van der Waals surface area contributed by atoms with Crippen molar-refractivity contribution in [1.29, 1.82) is 0 Å². The van der Waals surface area contributed by atoms with Gasteiger partial charge in [0.1, 0.15) is 5.76 Å². The number of aryl methyl sites for hydroxylation is 2. The molecule has 7 heteroatoms. The van der Waals surface area contributed by atoms with Crippen molar-refractivity contribution in [2.45, 2.75) is 33.1 Å². The summed E-state index contributed by atoms with van der Waals surface area (Å²) in [5, 5.41) is 9.11. The third-order valence-electron chi connectivity index (χ3n) is 4.96. The van der Waals surface area contributed by atoms with Gasteiger partial charge in [0.2, 0.25) is 0 Å². The Morgan fingerprint density at radius 1 is 1.07 bits per heavy atom. The van der Waals surface area contributed by atoms with Gasteiger partial charge in [0.25, 0.3) is 11.8 Å². The minimum absolute atomic E-state index is 0.238. The van der Waals surface area contributed by atoms with Crippen LogP contribution in [0.2, 0.25) is 0 Å². The summed E-state index contributed by atoms with van der Waals surface area (Å²) in [6.07, 6.45) is 2.31. The number of thiophene rings is 1. The van der Waals surface area contributed by atoms with Crippen LogP contribution in [0.3, 0.4) is 0 Å². The largest absolute Gasteiger partial charge is 0.455 e. The first-order valence-corrected chi connectivity index (χ1v) is 10.3. The Bertz CT molecular complexity index is 1100. The number of carbonyl (C=O) groups is 2. The summed E-state index contributed by atoms with van der Waals surface area (Å²) in [5.74, 6) is 0.511. The molecule has 148 valence electrons. The molecule has 0 atom stereocenters. The summed E-state index contributed by atoms with van der Waals surface area (Å²) in [7, 11) is 0. The number of carbonyl (C=O) groups excluding carboxylic acids is 2. The summed E-state index contributed by atoms with van der Waals surface area (Å²) in [6.45, 7) is 3.80. The van der Waals surface area contributed by atoms with Crippen molar-refractivity contribution in [3.8, 4) is 0 Å². The molecule has 1 aliphatic rings. The fourth-order valence-electron chi connectivity index (χ4n) is 3.47. The van der Waals surface area contributed by atoms with Gasteiger partial charge in [-0.05, 0) is 49.8 Å². The minimum Gasteiger partial charge on any atom is -0.455 e. The van der Waals surface area contributed by atoms with E-state index in [0.29, 0.717) is 4.88 Å². The number of fused-ring (bicyclic) bond motifs is 1. The Morgan fingerprint density at radius 3 is 2.66 bits per heavy atom. The zero-order valence-corrected chi connectivity index (χ0v) is 17.1. The fraction of sp³-hybridized carbons (Fsp3) is 0.227. The molecule has 2 aromatic heterocycles. The molecule has 2 heterocycles. The number of hydrogen-bond acceptors (Lipinski definition) is 5. The molecule has 0 spiro atoms. The number of hydrazone groups is 1. The number of rotatable bonds is 4. The molecule has 1 aliphatic carbocycles. The predicted molar refractivity (Wildman–Crippen MR) is 114 cm³/mol. The van der Waals surface area contributed by atoms with Gasteiger partial charge in [-0.3, -0.25) is 9.59 Å². The molecule has 0 aliphatic heterocycles. The van der Waals surface area contributed by atoms with E-state index in [1.807, 2.05) is 49.6 Å². The van der Waals surface area contributed by atoms with Gasteiger partial charge in [0, 0.05) is 23.2 Å². The van der Waals surface area contributed by atoms with Crippen molar-refractivity contribution in [3.05, 3.63) is 74.9 Å². The normalized spacial score (nSPS) is 14.5. The number of anilines is 1. The molecule has 0 radical (unpaired) electrons. The van der Waals surface area contributed by atoms with Crippen LogP contribution in [0.1, 0.15) is 55.5 Å². The van der Waals surface area contributed by atoms with Crippen molar-refractivity contribution >= 4 is 34.6 Å². The van der Waals surface area contributed by atoms with Crippen LogP contribution >= 0.6 is 11.3 Å². The maximum Gasteiger partial charge on any atom is 0.291 e. The quantitative estimate of drug-likeness (QED) is 0.616. The lowest BCUT2D eigenvalue weighted by Gasteiger charge is -2.13. The van der Waals surface area contributed by atoms with E-state index in [-0.39, 0.29) is 17.6 Å². The standard InChI is InChI=1S/C22H21N3O3S/c1-13-7-3-4-8-15(13)23-22(27)20-14(2)19-16(9-5-10-17(19)28-20)24-25-21(26)18-11-6-12-29-18/h3-4,6-8,11-12H,5,9-10H2,1-2H3,(H,23,27)(H,25,26)/b24-16+. The Labute approximate surface area is 172 Å². The van der Waals surface area contributed by atoms with E-state index >= 15 is 0 Å². The van der Waals surface area contributed by atoms with E-state index in [1.54, 1.807) is 6.07 Å². The second-order valence-electron chi connectivity index (χ2n) is 6.95. The van der Waals surface area contributed by atoms with Gasteiger partial charge in [0.15, 0.2) is 5.76 Å². The smallest absolute Gasteiger partial charge is 0.291 e. The molecule has 0 saturated carbocycles. The molecular formula is C22H21N3O3S. The first-order valence-electron chi connectivity index (χ1n) is 9.44. The Morgan fingerprint density at radius 2 is 1.90 bits per heavy atom. The summed E-state index contributed by atoms with van der Waals surface area (Å²) < 4.78 is 5.92. The van der Waals surface area contributed by atoms with Gasteiger partial charge >= 0.3 is 0 Å². The molecule has 6 nitrogen and oxygen atoms in total. The minimum atomic E-state index is -0.284. The molecule has 0 unspecified atom stereocenters. The second kappa shape index (κ2) is 8.05. The van der Waals surface area contributed by atoms with Crippen molar-refractivity contribution in [1.82, 2.24) is 5.43 Å². The molecule has 0 saturated heterocycles. The summed E-state index contributed by atoms with van der Waals surface area (Å²) in [4.78, 5) is 25.6. The molecule has 2 N–H and O–H groups in total. The fourth-order valence-corrected chi connectivity index (χ4v) is 4.08. The molecule has 0 bridgehead atoms. The van der Waals surface area contributed by atoms with Crippen LogP contribution < -0.4 is 10.7 Å². The predicted octanol–water partition coefficient (Wildman–Crippen LogP) is 4.68. The zero-order valence-electron chi connectivity index (χ0n) is 16.2. The zero-order chi connectivity index (χ0) is 20.4. The lowest BCUT2D eigenvalue weighted by Crippen LogP contribution is -2.21. The Balaban J connectivity index is 1.59. The van der Waals surface area contributed by atoms with Crippen molar-refractivity contribution in [2.75, 3.05) is 5.32 Å². The van der Waals surface area contributed by atoms with Crippen LogP contribution in [0.25, 0.3) is 0 Å². The third kappa shape index (κ3) is 3.86. The van der Waals surface area contributed by atoms with Gasteiger partial charge in [-0.2, -0.15) is 5.10 Å². The van der Waals surface area contributed by atoms with Crippen LogP contribution in [0.5, 0.6) is 0 Å². The first-order chi connectivity index (χ1) is 14.0. The van der Waals surface area contributed by atoms with Crippen LogP contribution in [-0.4, -0.2) is 17.5 Å². The van der Waals surface area contributed by atoms with Crippen molar-refractivity contribution in [2.24, 2.45) is 5.10 Å². The number of amides is 2. The maximum absolute atomic E-state index is 12.8. The van der Waals surface area contributed by atoms with E-state index < -0.39 is 0 Å². The lowest BCUT2D eigenvalue weighted by molar-refractivity contribution is 0.0957. The monoisotopic (exact) mass is 407 g/mol. The van der Waals surface area contributed by atoms with Gasteiger partial charge in [0.05, 0.1) is 10.6 Å². The Hall–Kier alpha value is -3.19. The molecule has 2 amide bonds. The highest BCUT2D eigenvalue weighted by atomic mass is 32.1. The highest BCUT2D eigenvalue weighted by Gasteiger charge is 2.28. The van der Waals surface area contributed by atoms with Gasteiger partial charge in [-0.1, -0.05) is 24.3 Å². The summed E-state index contributed by atoms with van der Waals surface area (Å²) >= 11 is 1.36. The second-order valence-corrected chi connectivity index (χ2v) is 7.90. The average Bonchev–Trinajstić information content (AvgIpc) is 3.37. The molecule has 3 aromatic rings. The average molecular weight is 407 g/mol. The lowest BCUT2D eigenvalue weighted by atomic mass is 9.93. The van der Waals surface area contributed by atoms with Crippen LogP contribution in [0.15, 0.2) is 51.3 Å². The van der Waals surface area contributed by atoms with E-state index in [9.17, 15) is 9.59 Å². The third-order valence-corrected chi connectivity index (χ3v) is 5.83. The number of nitrogens with one attached hydrogen (secondary N) is 2. The first kappa shape index (κ1) is 19.1. The number of benzene rings is 1. The summed E-state index contributed by atoms with van der Waals surface area (Å²) in [6, 6.07) is 11.2. The van der Waals surface area contributed by atoms with Gasteiger partial charge in [-0.15, -0.1) is 11.3 Å². The number of furan rings is 1. The highest BCUT2D eigenvalue weighted by molar-refractivity contribution is 7.12. The maximum atomic E-state index is 12.8. The number of nitrogens with zero attached hydrogens (tertiary/aromatic N) is 1. The van der Waals surface area contributed by atoms with E-state index in [2.05, 4.69) is 15.8 Å². The van der Waals surface area contributed by atoms with Crippen LogP contribution in [-0.2, 0) is 6.42 Å². The van der Waals surface area contributed by atoms with Gasteiger partial charge in [-0.25, -0.2) is 5.43 Å². The SMILES string of the molecule is Cc1ccccc1NC(=O)c1oc2c(c1C)/C(=N/NC(=O)c1cccs1)CCC2. The molecule has 4 rings (SSSR count). The highest BCUT2D eigenvalue weighted by Crippen LogP contribution is 2.30. The van der Waals surface area contributed by atoms with Crippen LogP contribution in [0.4, 0.5) is 5.69 Å². The Kier molecular flexibility index (Phi) is 5.31. The molecular weight excluding hydrogens is 386 g/mol. The van der Waals surface area contributed by atoms with E-state index in [0.717, 1.165) is 53.1 Å². The van der Waals surface area contributed by atoms with Crippen LogP contribution in [0, 0.1) is 13.8 Å². The topological polar surface area (TPSA) is 83.7 Å². The van der Waals surface area contributed by atoms with Crippen molar-refractivity contribution < 1.29 is 14.0 Å². The number of hydrogen-bond donors (Lipinski definition) is 2. The molecule has 0 fully saturated rings. The van der Waals surface area contributed by atoms with Gasteiger partial charge < -0.3 is 9.73 Å². The molecule has 29 heavy (non-hydrogen) atoms. The number of para-hydroxylation sites is 1. The van der Waals surface area contributed by atoms with E-state index in [1.165, 1.54) is 11.3 Å². The van der Waals surface area contributed by atoms with E-state index in [4.69, 9.17) is 4.42 Å². The summed E-state index contributed by atoms with van der Waals surface area (Å²) in [5.41, 5.74) is 6.68. The molecule has 1 aromatic carbocycles. The van der Waals surface area contributed by atoms with Crippen molar-refractivity contribution in [3.63, 3.8) is 0 Å².